The number of carboxylic acid groups (broad SMARTS) is 1. The number of likely N-dealkylation sites (tertiary alicyclic amines) is 1. The van der Waals surface area contributed by atoms with Crippen LogP contribution in [0.15, 0.2) is 60.7 Å². The third-order valence-electron chi connectivity index (χ3n) is 6.15. The van der Waals surface area contributed by atoms with Crippen molar-refractivity contribution >= 4 is 5.97 Å². The number of rotatable bonds is 5. The van der Waals surface area contributed by atoms with Crippen LogP contribution in [0.1, 0.15) is 60.5 Å². The van der Waals surface area contributed by atoms with Crippen LogP contribution >= 0.6 is 0 Å². The van der Waals surface area contributed by atoms with Gasteiger partial charge in [0.1, 0.15) is 0 Å². The number of hydrogen-bond acceptors (Lipinski definition) is 2. The molecule has 3 atom stereocenters. The summed E-state index contributed by atoms with van der Waals surface area (Å²) in [6.45, 7) is 5.80. The molecule has 0 radical (unpaired) electrons. The van der Waals surface area contributed by atoms with Crippen LogP contribution in [-0.2, 0) is 17.1 Å². The molecule has 0 aliphatic carbocycles. The third-order valence-corrected chi connectivity index (χ3v) is 6.15. The van der Waals surface area contributed by atoms with Gasteiger partial charge in [-0.25, -0.2) is 0 Å². The summed E-state index contributed by atoms with van der Waals surface area (Å²) in [7, 11) is 0. The molecule has 192 valence electrons. The van der Waals surface area contributed by atoms with Gasteiger partial charge < -0.3 is 5.11 Å². The predicted molar refractivity (Wildman–Crippen MR) is 123 cm³/mol. The molecular weight excluding hydrogens is 484 g/mol. The zero-order valence-electron chi connectivity index (χ0n) is 19.5. The lowest BCUT2D eigenvalue weighted by molar-refractivity contribution is -0.139. The fourth-order valence-corrected chi connectivity index (χ4v) is 4.42. The average Bonchev–Trinajstić information content (AvgIpc) is 2.78. The van der Waals surface area contributed by atoms with E-state index in [1.165, 1.54) is 24.3 Å². The van der Waals surface area contributed by atoms with Crippen molar-refractivity contribution in [2.24, 2.45) is 5.92 Å². The van der Waals surface area contributed by atoms with E-state index in [-0.39, 0.29) is 12.3 Å². The Morgan fingerprint density at radius 1 is 1.03 bits per heavy atom. The molecule has 1 aliphatic rings. The minimum Gasteiger partial charge on any atom is -0.481 e. The van der Waals surface area contributed by atoms with Crippen molar-refractivity contribution in [1.82, 2.24) is 4.90 Å². The van der Waals surface area contributed by atoms with Gasteiger partial charge in [-0.1, -0.05) is 42.7 Å². The Labute approximate surface area is 205 Å². The van der Waals surface area contributed by atoms with Gasteiger partial charge >= 0.3 is 18.3 Å². The molecule has 2 aromatic rings. The second kappa shape index (κ2) is 10.8. The van der Waals surface area contributed by atoms with E-state index >= 15 is 0 Å². The Balaban J connectivity index is 2.04. The number of nitrogens with zero attached hydrogens (tertiary/aromatic N) is 1. The topological polar surface area (TPSA) is 40.5 Å². The first-order chi connectivity index (χ1) is 16.8. The van der Waals surface area contributed by atoms with Crippen LogP contribution in [0.25, 0.3) is 0 Å². The van der Waals surface area contributed by atoms with E-state index in [0.717, 1.165) is 24.3 Å². The number of carboxylic acids is 1. The second-order valence-electron chi connectivity index (χ2n) is 8.93. The van der Waals surface area contributed by atoms with E-state index in [4.69, 9.17) is 0 Å². The summed E-state index contributed by atoms with van der Waals surface area (Å²) in [6.07, 6.45) is -8.26. The van der Waals surface area contributed by atoms with Crippen molar-refractivity contribution in [3.8, 4) is 11.8 Å². The standard InChI is InChI=1S/C27H25F6NO2/c1-17(2)3-12-23(19-4-8-21(9-5-19)26(28,29)30)34-14-13-18(16-25(35)36)15-24(34)20-6-10-22(11-7-20)27(31,32)33/h4-11,18,23-24H,1,13-16H2,2H3,(H,35,36)/t18-,23+,24+/m1/s1. The highest BCUT2D eigenvalue weighted by Gasteiger charge is 2.37. The monoisotopic (exact) mass is 509 g/mol. The Hall–Kier alpha value is -3.25. The van der Waals surface area contributed by atoms with Gasteiger partial charge in [0.15, 0.2) is 0 Å². The molecule has 0 saturated carbocycles. The van der Waals surface area contributed by atoms with Gasteiger partial charge in [0.2, 0.25) is 0 Å². The van der Waals surface area contributed by atoms with Crippen LogP contribution in [0.3, 0.4) is 0 Å². The predicted octanol–water partition coefficient (Wildman–Crippen LogP) is 7.27. The first-order valence-electron chi connectivity index (χ1n) is 11.2. The normalized spacial score (nSPS) is 19.8. The molecule has 1 N–H and O–H groups in total. The lowest BCUT2D eigenvalue weighted by atomic mass is 9.83. The molecule has 1 fully saturated rings. The number of piperidine rings is 1. The molecule has 3 nitrogen and oxygen atoms in total. The molecule has 3 rings (SSSR count). The lowest BCUT2D eigenvalue weighted by Gasteiger charge is -2.42. The van der Waals surface area contributed by atoms with E-state index in [1.807, 2.05) is 4.90 Å². The Morgan fingerprint density at radius 2 is 1.56 bits per heavy atom. The zero-order chi connectivity index (χ0) is 26.7. The summed E-state index contributed by atoms with van der Waals surface area (Å²) in [4.78, 5) is 13.2. The quantitative estimate of drug-likeness (QED) is 0.340. The second-order valence-corrected chi connectivity index (χ2v) is 8.93. The highest BCUT2D eigenvalue weighted by atomic mass is 19.4. The molecule has 36 heavy (non-hydrogen) atoms. The van der Waals surface area contributed by atoms with Crippen LogP contribution < -0.4 is 0 Å². The van der Waals surface area contributed by atoms with Gasteiger partial charge in [-0.3, -0.25) is 9.69 Å². The molecule has 1 saturated heterocycles. The van der Waals surface area contributed by atoms with Gasteiger partial charge in [0.25, 0.3) is 0 Å². The molecule has 0 amide bonds. The van der Waals surface area contributed by atoms with Gasteiger partial charge in [-0.2, -0.15) is 26.3 Å². The third kappa shape index (κ3) is 6.91. The maximum absolute atomic E-state index is 13.1. The molecule has 0 unspecified atom stereocenters. The van der Waals surface area contributed by atoms with E-state index in [9.17, 15) is 36.2 Å². The lowest BCUT2D eigenvalue weighted by Crippen LogP contribution is -2.39. The smallest absolute Gasteiger partial charge is 0.416 e. The number of carbonyl (C=O) groups is 1. The summed E-state index contributed by atoms with van der Waals surface area (Å²) < 4.78 is 78.6. The minimum absolute atomic E-state index is 0.0899. The average molecular weight is 509 g/mol. The molecule has 0 spiro atoms. The first-order valence-corrected chi connectivity index (χ1v) is 11.2. The van der Waals surface area contributed by atoms with Gasteiger partial charge in [-0.15, -0.1) is 0 Å². The van der Waals surface area contributed by atoms with E-state index in [1.54, 1.807) is 6.92 Å². The molecule has 0 aromatic heterocycles. The molecule has 9 heteroatoms. The number of halogens is 6. The van der Waals surface area contributed by atoms with Crippen molar-refractivity contribution in [3.63, 3.8) is 0 Å². The molecule has 1 heterocycles. The number of hydrogen-bond donors (Lipinski definition) is 1. The van der Waals surface area contributed by atoms with Gasteiger partial charge in [0, 0.05) is 19.0 Å². The first kappa shape index (κ1) is 27.3. The fourth-order valence-electron chi connectivity index (χ4n) is 4.42. The van der Waals surface area contributed by atoms with Crippen LogP contribution in [0.4, 0.5) is 26.3 Å². The molecule has 0 bridgehead atoms. The number of aliphatic carboxylic acids is 1. The summed E-state index contributed by atoms with van der Waals surface area (Å²) in [5.41, 5.74) is -0.0365. The van der Waals surface area contributed by atoms with Crippen LogP contribution in [0.5, 0.6) is 0 Å². The van der Waals surface area contributed by atoms with Crippen molar-refractivity contribution in [2.75, 3.05) is 6.54 Å². The molecule has 1 aliphatic heterocycles. The summed E-state index contributed by atoms with van der Waals surface area (Å²) >= 11 is 0. The Morgan fingerprint density at radius 3 is 2.03 bits per heavy atom. The Bertz CT molecular complexity index is 1140. The van der Waals surface area contributed by atoms with Gasteiger partial charge in [0.05, 0.1) is 17.2 Å². The van der Waals surface area contributed by atoms with Crippen molar-refractivity contribution in [3.05, 3.63) is 82.9 Å². The van der Waals surface area contributed by atoms with Crippen LogP contribution in [-0.4, -0.2) is 22.5 Å². The fraction of sp³-hybridized carbons (Fsp3) is 0.370. The Kier molecular flexibility index (Phi) is 8.19. The molecular formula is C27H25F6NO2. The van der Waals surface area contributed by atoms with Crippen LogP contribution in [0.2, 0.25) is 0 Å². The van der Waals surface area contributed by atoms with Crippen LogP contribution in [0, 0.1) is 17.8 Å². The molecule has 2 aromatic carbocycles. The summed E-state index contributed by atoms with van der Waals surface area (Å²) in [6, 6.07) is 8.12. The van der Waals surface area contributed by atoms with Crippen molar-refractivity contribution in [2.45, 2.75) is 50.6 Å². The maximum atomic E-state index is 13.1. The highest BCUT2D eigenvalue weighted by Crippen LogP contribution is 2.42. The largest absolute Gasteiger partial charge is 0.481 e. The number of allylic oxidation sites excluding steroid dienone is 1. The zero-order valence-corrected chi connectivity index (χ0v) is 19.5. The van der Waals surface area contributed by atoms with E-state index in [2.05, 4.69) is 18.4 Å². The van der Waals surface area contributed by atoms with Crippen molar-refractivity contribution in [1.29, 1.82) is 0 Å². The highest BCUT2D eigenvalue weighted by molar-refractivity contribution is 5.67. The minimum atomic E-state index is -4.51. The maximum Gasteiger partial charge on any atom is 0.416 e. The van der Waals surface area contributed by atoms with E-state index in [0.29, 0.717) is 36.1 Å². The van der Waals surface area contributed by atoms with E-state index < -0.39 is 41.5 Å². The number of benzene rings is 2. The van der Waals surface area contributed by atoms with Gasteiger partial charge in [-0.05, 0) is 66.6 Å². The number of alkyl halides is 6. The summed E-state index contributed by atoms with van der Waals surface area (Å²) in [5, 5.41) is 9.28. The summed E-state index contributed by atoms with van der Waals surface area (Å²) in [5.74, 6) is 4.75. The van der Waals surface area contributed by atoms with Crippen molar-refractivity contribution < 1.29 is 36.2 Å². The SMILES string of the molecule is C=C(C)C#C[C@@H](c1ccc(C(F)(F)F)cc1)N1CC[C@@H](CC(=O)O)C[C@H]1c1ccc(C(F)(F)F)cc1.